The highest BCUT2D eigenvalue weighted by Crippen LogP contribution is 2.05. The standard InChI is InChI=1S/C12H10IN3O/c13-10-6-7-11(16-15-10)14-12(17)8-9-4-2-1-3-5-9/h1-7H,8H2,(H,14,16,17). The molecule has 1 N–H and O–H groups in total. The van der Waals surface area contributed by atoms with Crippen molar-refractivity contribution in [1.29, 1.82) is 0 Å². The van der Waals surface area contributed by atoms with Gasteiger partial charge in [0.25, 0.3) is 0 Å². The van der Waals surface area contributed by atoms with Gasteiger partial charge in [0.2, 0.25) is 5.91 Å². The van der Waals surface area contributed by atoms with Crippen molar-refractivity contribution in [3.63, 3.8) is 0 Å². The summed E-state index contributed by atoms with van der Waals surface area (Å²) in [6.07, 6.45) is 0.342. The predicted molar refractivity (Wildman–Crippen MR) is 73.5 cm³/mol. The minimum atomic E-state index is -0.0910. The zero-order valence-electron chi connectivity index (χ0n) is 8.93. The zero-order chi connectivity index (χ0) is 12.1. The largest absolute Gasteiger partial charge is 0.309 e. The highest BCUT2D eigenvalue weighted by atomic mass is 127. The minimum Gasteiger partial charge on any atom is -0.309 e. The van der Waals surface area contributed by atoms with Crippen LogP contribution in [0.3, 0.4) is 0 Å². The Labute approximate surface area is 113 Å². The summed E-state index contributed by atoms with van der Waals surface area (Å²) in [4.78, 5) is 11.7. The van der Waals surface area contributed by atoms with Gasteiger partial charge in [-0.1, -0.05) is 30.3 Å². The van der Waals surface area contributed by atoms with E-state index >= 15 is 0 Å². The first-order chi connectivity index (χ1) is 8.24. The van der Waals surface area contributed by atoms with Crippen LogP contribution in [0, 0.1) is 3.70 Å². The second-order valence-electron chi connectivity index (χ2n) is 3.45. The molecule has 1 aromatic heterocycles. The molecule has 0 spiro atoms. The number of nitrogens with zero attached hydrogens (tertiary/aromatic N) is 2. The van der Waals surface area contributed by atoms with Gasteiger partial charge < -0.3 is 5.32 Å². The third-order valence-corrected chi connectivity index (χ3v) is 2.68. The fraction of sp³-hybridized carbons (Fsp3) is 0.0833. The lowest BCUT2D eigenvalue weighted by Gasteiger charge is -2.03. The van der Waals surface area contributed by atoms with Crippen molar-refractivity contribution in [1.82, 2.24) is 10.2 Å². The number of hydrogen-bond donors (Lipinski definition) is 1. The van der Waals surface area contributed by atoms with Crippen molar-refractivity contribution in [3.05, 3.63) is 51.7 Å². The maximum Gasteiger partial charge on any atom is 0.229 e. The van der Waals surface area contributed by atoms with Crippen LogP contribution in [0.2, 0.25) is 0 Å². The van der Waals surface area contributed by atoms with E-state index in [9.17, 15) is 4.79 Å². The maximum absolute atomic E-state index is 11.7. The van der Waals surface area contributed by atoms with E-state index < -0.39 is 0 Å². The number of amides is 1. The molecule has 5 heteroatoms. The van der Waals surface area contributed by atoms with Crippen LogP contribution in [0.5, 0.6) is 0 Å². The van der Waals surface area contributed by atoms with Crippen molar-refractivity contribution in [3.8, 4) is 0 Å². The van der Waals surface area contributed by atoms with Crippen molar-refractivity contribution in [2.24, 2.45) is 0 Å². The van der Waals surface area contributed by atoms with Gasteiger partial charge in [0.05, 0.1) is 6.42 Å². The molecule has 0 aliphatic rings. The molecule has 1 heterocycles. The van der Waals surface area contributed by atoms with E-state index in [1.807, 2.05) is 30.3 Å². The average Bonchev–Trinajstić information content (AvgIpc) is 2.33. The molecule has 0 fully saturated rings. The minimum absolute atomic E-state index is 0.0910. The first-order valence-corrected chi connectivity index (χ1v) is 6.15. The van der Waals surface area contributed by atoms with Crippen molar-refractivity contribution >= 4 is 34.3 Å². The summed E-state index contributed by atoms with van der Waals surface area (Å²) in [5.41, 5.74) is 0.975. The van der Waals surface area contributed by atoms with Gasteiger partial charge in [-0.25, -0.2) is 0 Å². The van der Waals surface area contributed by atoms with E-state index in [0.29, 0.717) is 12.2 Å². The van der Waals surface area contributed by atoms with E-state index in [1.54, 1.807) is 12.1 Å². The number of carbonyl (C=O) groups excluding carboxylic acids is 1. The Hall–Kier alpha value is -1.50. The molecule has 1 amide bonds. The van der Waals surface area contributed by atoms with Crippen LogP contribution in [-0.4, -0.2) is 16.1 Å². The van der Waals surface area contributed by atoms with Gasteiger partial charge >= 0.3 is 0 Å². The van der Waals surface area contributed by atoms with Gasteiger partial charge in [0, 0.05) is 0 Å². The average molecular weight is 339 g/mol. The van der Waals surface area contributed by atoms with E-state index in [4.69, 9.17) is 0 Å². The third kappa shape index (κ3) is 3.77. The van der Waals surface area contributed by atoms with Crippen LogP contribution in [0.25, 0.3) is 0 Å². The van der Waals surface area contributed by atoms with Gasteiger partial charge in [-0.3, -0.25) is 4.79 Å². The summed E-state index contributed by atoms with van der Waals surface area (Å²) in [5.74, 6) is 0.387. The molecule has 0 radical (unpaired) electrons. The first-order valence-electron chi connectivity index (χ1n) is 5.07. The molecule has 0 saturated heterocycles. The topological polar surface area (TPSA) is 54.9 Å². The molecule has 86 valence electrons. The summed E-state index contributed by atoms with van der Waals surface area (Å²) in [6, 6.07) is 13.1. The molecule has 0 aliphatic carbocycles. The number of rotatable bonds is 3. The van der Waals surface area contributed by atoms with E-state index in [-0.39, 0.29) is 5.91 Å². The van der Waals surface area contributed by atoms with Crippen molar-refractivity contribution in [2.45, 2.75) is 6.42 Å². The number of halogens is 1. The van der Waals surface area contributed by atoms with Crippen molar-refractivity contribution < 1.29 is 4.79 Å². The maximum atomic E-state index is 11.7. The van der Waals surface area contributed by atoms with Crippen LogP contribution in [0.4, 0.5) is 5.82 Å². The van der Waals surface area contributed by atoms with Gasteiger partial charge in [-0.2, -0.15) is 0 Å². The highest BCUT2D eigenvalue weighted by Gasteiger charge is 2.04. The molecule has 0 atom stereocenters. The number of nitrogens with one attached hydrogen (secondary N) is 1. The predicted octanol–water partition coefficient (Wildman–Crippen LogP) is 2.26. The molecule has 2 aromatic rings. The highest BCUT2D eigenvalue weighted by molar-refractivity contribution is 14.1. The number of anilines is 1. The summed E-state index contributed by atoms with van der Waals surface area (Å²) in [7, 11) is 0. The normalized spacial score (nSPS) is 9.94. The molecule has 0 saturated carbocycles. The van der Waals surface area contributed by atoms with Crippen LogP contribution < -0.4 is 5.32 Å². The smallest absolute Gasteiger partial charge is 0.229 e. The Bertz CT molecular complexity index is 499. The SMILES string of the molecule is O=C(Cc1ccccc1)Nc1ccc(I)nn1. The fourth-order valence-corrected chi connectivity index (χ4v) is 1.64. The zero-order valence-corrected chi connectivity index (χ0v) is 11.1. The lowest BCUT2D eigenvalue weighted by atomic mass is 10.1. The number of aromatic nitrogens is 2. The molecule has 0 aliphatic heterocycles. The molecule has 1 aromatic carbocycles. The summed E-state index contributed by atoms with van der Waals surface area (Å²) in [6.45, 7) is 0. The van der Waals surface area contributed by atoms with Crippen LogP contribution in [-0.2, 0) is 11.2 Å². The summed E-state index contributed by atoms with van der Waals surface area (Å²) in [5, 5.41) is 10.4. The molecular weight excluding hydrogens is 329 g/mol. The molecule has 0 unspecified atom stereocenters. The Balaban J connectivity index is 1.96. The van der Waals surface area contributed by atoms with Gasteiger partial charge in [-0.15, -0.1) is 10.2 Å². The first kappa shape index (κ1) is 12.0. The quantitative estimate of drug-likeness (QED) is 0.873. The number of benzene rings is 1. The number of carbonyl (C=O) groups is 1. The van der Waals surface area contributed by atoms with Gasteiger partial charge in [0.1, 0.15) is 3.70 Å². The summed E-state index contributed by atoms with van der Waals surface area (Å²) >= 11 is 2.06. The third-order valence-electron chi connectivity index (χ3n) is 2.11. The lowest BCUT2D eigenvalue weighted by Crippen LogP contribution is -2.15. The molecular formula is C12H10IN3O. The molecule has 0 bridgehead atoms. The number of hydrogen-bond acceptors (Lipinski definition) is 3. The Morgan fingerprint density at radius 1 is 1.12 bits per heavy atom. The lowest BCUT2D eigenvalue weighted by molar-refractivity contribution is -0.115. The molecule has 4 nitrogen and oxygen atoms in total. The van der Waals surface area contributed by atoms with Crippen molar-refractivity contribution in [2.75, 3.05) is 5.32 Å². The Morgan fingerprint density at radius 3 is 2.53 bits per heavy atom. The van der Waals surface area contributed by atoms with E-state index in [2.05, 4.69) is 38.1 Å². The Kier molecular flexibility index (Phi) is 4.03. The Morgan fingerprint density at radius 2 is 1.88 bits per heavy atom. The second-order valence-corrected chi connectivity index (χ2v) is 4.56. The van der Waals surface area contributed by atoms with E-state index in [1.165, 1.54) is 0 Å². The summed E-state index contributed by atoms with van der Waals surface area (Å²) < 4.78 is 0.795. The molecule has 17 heavy (non-hydrogen) atoms. The second kappa shape index (κ2) is 5.72. The van der Waals surface area contributed by atoms with Crippen LogP contribution in [0.15, 0.2) is 42.5 Å². The monoisotopic (exact) mass is 339 g/mol. The van der Waals surface area contributed by atoms with Crippen LogP contribution in [0.1, 0.15) is 5.56 Å². The van der Waals surface area contributed by atoms with Gasteiger partial charge in [-0.05, 0) is 40.3 Å². The molecule has 2 rings (SSSR count). The van der Waals surface area contributed by atoms with Gasteiger partial charge in [0.15, 0.2) is 5.82 Å². The van der Waals surface area contributed by atoms with Crippen LogP contribution >= 0.6 is 22.6 Å². The van der Waals surface area contributed by atoms with E-state index in [0.717, 1.165) is 9.26 Å². The fourth-order valence-electron chi connectivity index (χ4n) is 1.35.